The van der Waals surface area contributed by atoms with Crippen LogP contribution in [0.3, 0.4) is 0 Å². The summed E-state index contributed by atoms with van der Waals surface area (Å²) in [5.41, 5.74) is 0.315. The predicted molar refractivity (Wildman–Crippen MR) is 48.1 cm³/mol. The van der Waals surface area contributed by atoms with Crippen LogP contribution < -0.4 is 0 Å². The van der Waals surface area contributed by atoms with Crippen molar-refractivity contribution in [2.45, 2.75) is 12.5 Å². The quantitative estimate of drug-likeness (QED) is 0.790. The monoisotopic (exact) mass is 204 g/mol. The molecule has 0 aliphatic heterocycles. The molecule has 13 heavy (non-hydrogen) atoms. The zero-order chi connectivity index (χ0) is 9.84. The fourth-order valence-corrected chi connectivity index (χ4v) is 1.29. The Bertz CT molecular complexity index is 291. The van der Waals surface area contributed by atoms with Crippen molar-refractivity contribution >= 4 is 11.6 Å². The highest BCUT2D eigenvalue weighted by atomic mass is 35.5. The molecule has 0 saturated carbocycles. The lowest BCUT2D eigenvalue weighted by Crippen LogP contribution is -2.01. The highest BCUT2D eigenvalue weighted by Gasteiger charge is 2.11. The molecule has 0 amide bonds. The van der Waals surface area contributed by atoms with Crippen molar-refractivity contribution in [1.82, 2.24) is 0 Å². The van der Waals surface area contributed by atoms with Gasteiger partial charge in [-0.15, -0.1) is 0 Å². The minimum atomic E-state index is -0.909. The average molecular weight is 205 g/mol. The first-order valence-corrected chi connectivity index (χ1v) is 4.27. The number of hydrogen-bond acceptors (Lipinski definition) is 2. The third-order valence-corrected chi connectivity index (χ3v) is 2.06. The van der Waals surface area contributed by atoms with Crippen LogP contribution in [0.4, 0.5) is 4.39 Å². The lowest BCUT2D eigenvalue weighted by Gasteiger charge is -2.10. The Morgan fingerprint density at radius 2 is 2.15 bits per heavy atom. The molecule has 0 radical (unpaired) electrons. The lowest BCUT2D eigenvalue weighted by atomic mass is 10.1. The Morgan fingerprint density at radius 1 is 1.46 bits per heavy atom. The van der Waals surface area contributed by atoms with Crippen LogP contribution in [0.2, 0.25) is 5.02 Å². The minimum absolute atomic E-state index is 0.156. The summed E-state index contributed by atoms with van der Waals surface area (Å²) in [5.74, 6) is -0.448. The second-order valence-electron chi connectivity index (χ2n) is 2.69. The molecule has 1 atom stereocenters. The van der Waals surface area contributed by atoms with Gasteiger partial charge in [0.25, 0.3) is 0 Å². The minimum Gasteiger partial charge on any atom is -0.396 e. The van der Waals surface area contributed by atoms with E-state index in [2.05, 4.69) is 0 Å². The fraction of sp³-hybridized carbons (Fsp3) is 0.333. The van der Waals surface area contributed by atoms with Crippen LogP contribution in [0.15, 0.2) is 18.2 Å². The molecule has 1 aromatic rings. The van der Waals surface area contributed by atoms with Gasteiger partial charge < -0.3 is 10.2 Å². The van der Waals surface area contributed by atoms with Gasteiger partial charge in [0.1, 0.15) is 5.82 Å². The Labute approximate surface area is 80.6 Å². The number of hydrogen-bond donors (Lipinski definition) is 2. The molecular formula is C9H10ClFO2. The molecule has 2 nitrogen and oxygen atoms in total. The normalized spacial score (nSPS) is 12.9. The first kappa shape index (κ1) is 10.4. The fourth-order valence-electron chi connectivity index (χ4n) is 1.05. The van der Waals surface area contributed by atoms with E-state index >= 15 is 0 Å². The number of benzene rings is 1. The van der Waals surface area contributed by atoms with Gasteiger partial charge in [-0.3, -0.25) is 0 Å². The predicted octanol–water partition coefficient (Wildman–Crippen LogP) is 1.89. The SMILES string of the molecule is OCC[C@H](O)c1cc(F)ccc1Cl. The van der Waals surface area contributed by atoms with Crippen molar-refractivity contribution in [3.05, 3.63) is 34.6 Å². The molecule has 0 saturated heterocycles. The second-order valence-corrected chi connectivity index (χ2v) is 3.10. The summed E-state index contributed by atoms with van der Waals surface area (Å²) in [6, 6.07) is 3.77. The molecule has 0 heterocycles. The van der Waals surface area contributed by atoms with Crippen LogP contribution in [0.25, 0.3) is 0 Å². The van der Waals surface area contributed by atoms with E-state index in [0.717, 1.165) is 0 Å². The first-order chi connectivity index (χ1) is 6.15. The maximum absolute atomic E-state index is 12.7. The molecule has 0 unspecified atom stereocenters. The Kier molecular flexibility index (Phi) is 3.66. The van der Waals surface area contributed by atoms with Crippen LogP contribution in [0, 0.1) is 5.82 Å². The summed E-state index contributed by atoms with van der Waals surface area (Å²) in [6.45, 7) is -0.159. The third-order valence-electron chi connectivity index (χ3n) is 1.72. The second kappa shape index (κ2) is 4.56. The van der Waals surface area contributed by atoms with E-state index in [9.17, 15) is 9.50 Å². The number of aliphatic hydroxyl groups excluding tert-OH is 2. The molecule has 0 aliphatic rings. The van der Waals surface area contributed by atoms with Crippen molar-refractivity contribution in [2.75, 3.05) is 6.61 Å². The molecule has 0 spiro atoms. The van der Waals surface area contributed by atoms with Crippen molar-refractivity contribution in [3.63, 3.8) is 0 Å². The van der Waals surface area contributed by atoms with Crippen LogP contribution in [-0.2, 0) is 0 Å². The van der Waals surface area contributed by atoms with Gasteiger partial charge in [-0.1, -0.05) is 11.6 Å². The molecule has 1 aromatic carbocycles. The Morgan fingerprint density at radius 3 is 2.77 bits per heavy atom. The van der Waals surface area contributed by atoms with Gasteiger partial charge in [0.05, 0.1) is 6.10 Å². The van der Waals surface area contributed by atoms with E-state index in [1.807, 2.05) is 0 Å². The zero-order valence-electron chi connectivity index (χ0n) is 6.87. The number of halogens is 2. The van der Waals surface area contributed by atoms with Crippen LogP contribution in [0.1, 0.15) is 18.1 Å². The van der Waals surface area contributed by atoms with Crippen molar-refractivity contribution in [3.8, 4) is 0 Å². The van der Waals surface area contributed by atoms with E-state index < -0.39 is 11.9 Å². The zero-order valence-corrected chi connectivity index (χ0v) is 7.63. The highest BCUT2D eigenvalue weighted by molar-refractivity contribution is 6.31. The first-order valence-electron chi connectivity index (χ1n) is 3.89. The van der Waals surface area contributed by atoms with Crippen LogP contribution in [-0.4, -0.2) is 16.8 Å². The standard InChI is InChI=1S/C9H10ClFO2/c10-8-2-1-6(11)5-7(8)9(13)3-4-12/h1-2,5,9,12-13H,3-4H2/t9-/m0/s1. The average Bonchev–Trinajstić information content (AvgIpc) is 2.09. The van der Waals surface area contributed by atoms with E-state index in [1.165, 1.54) is 18.2 Å². The van der Waals surface area contributed by atoms with Gasteiger partial charge in [0, 0.05) is 23.6 Å². The number of rotatable bonds is 3. The van der Waals surface area contributed by atoms with Crippen molar-refractivity contribution in [1.29, 1.82) is 0 Å². The molecule has 0 fully saturated rings. The molecule has 0 aromatic heterocycles. The largest absolute Gasteiger partial charge is 0.396 e. The van der Waals surface area contributed by atoms with Gasteiger partial charge >= 0.3 is 0 Å². The summed E-state index contributed by atoms with van der Waals surface area (Å²) < 4.78 is 12.7. The summed E-state index contributed by atoms with van der Waals surface area (Å²) in [6.07, 6.45) is -0.753. The molecular weight excluding hydrogens is 195 g/mol. The molecule has 2 N–H and O–H groups in total. The van der Waals surface area contributed by atoms with E-state index in [4.69, 9.17) is 16.7 Å². The molecule has 1 rings (SSSR count). The lowest BCUT2D eigenvalue weighted by molar-refractivity contribution is 0.134. The van der Waals surface area contributed by atoms with Gasteiger partial charge in [0.15, 0.2) is 0 Å². The summed E-state index contributed by atoms with van der Waals surface area (Å²) in [4.78, 5) is 0. The summed E-state index contributed by atoms with van der Waals surface area (Å²) in [7, 11) is 0. The molecule has 72 valence electrons. The Hall–Kier alpha value is -0.640. The van der Waals surface area contributed by atoms with E-state index in [-0.39, 0.29) is 13.0 Å². The smallest absolute Gasteiger partial charge is 0.123 e. The summed E-state index contributed by atoms with van der Waals surface area (Å²) in [5, 5.41) is 18.3. The van der Waals surface area contributed by atoms with Gasteiger partial charge in [0.2, 0.25) is 0 Å². The van der Waals surface area contributed by atoms with Gasteiger partial charge in [-0.05, 0) is 18.2 Å². The van der Waals surface area contributed by atoms with E-state index in [1.54, 1.807) is 0 Å². The van der Waals surface area contributed by atoms with Crippen molar-refractivity contribution in [2.24, 2.45) is 0 Å². The highest BCUT2D eigenvalue weighted by Crippen LogP contribution is 2.25. The Balaban J connectivity index is 2.91. The van der Waals surface area contributed by atoms with Gasteiger partial charge in [-0.25, -0.2) is 4.39 Å². The topological polar surface area (TPSA) is 40.5 Å². The van der Waals surface area contributed by atoms with Crippen LogP contribution in [0.5, 0.6) is 0 Å². The molecule has 4 heteroatoms. The maximum atomic E-state index is 12.7. The third kappa shape index (κ3) is 2.66. The maximum Gasteiger partial charge on any atom is 0.123 e. The van der Waals surface area contributed by atoms with Crippen LogP contribution >= 0.6 is 11.6 Å². The van der Waals surface area contributed by atoms with Gasteiger partial charge in [-0.2, -0.15) is 0 Å². The molecule has 0 aliphatic carbocycles. The number of aliphatic hydroxyl groups is 2. The van der Waals surface area contributed by atoms with E-state index in [0.29, 0.717) is 10.6 Å². The summed E-state index contributed by atoms with van der Waals surface area (Å²) >= 11 is 5.72. The molecule has 0 bridgehead atoms. The van der Waals surface area contributed by atoms with Crippen molar-refractivity contribution < 1.29 is 14.6 Å².